The SMILES string of the molecule is CNCCCNC(=O)[C@@H]1C[C@@]2(C)C[C@H]2N1C(=O)Cc1c(-c2cnc(C)nc2)ccc2[nH]nc(C(C)=O)c12. The third kappa shape index (κ3) is 4.61. The molecule has 2 amide bonds. The van der Waals surface area contributed by atoms with Crippen LogP contribution >= 0.6 is 0 Å². The molecule has 0 radical (unpaired) electrons. The number of nitrogens with zero attached hydrogens (tertiary/aromatic N) is 4. The molecule has 194 valence electrons. The van der Waals surface area contributed by atoms with Crippen molar-refractivity contribution in [2.45, 2.75) is 58.5 Å². The van der Waals surface area contributed by atoms with Crippen molar-refractivity contribution in [1.29, 1.82) is 0 Å². The standard InChI is InChI=1S/C27H33N7O3/c1-15(35)25-24-19(18(6-7-20(24)32-33-25)17-13-30-16(2)31-14-17)10-23(36)34-21(11-27(3)12-22(27)34)26(37)29-9-5-8-28-4/h6-7,13-14,21-22,28H,5,8-12H2,1-4H3,(H,29,37)(H,32,33)/t21-,22+,27-/m0/s1. The fraction of sp³-hybridized carbons (Fsp3) is 0.481. The normalized spacial score (nSPS) is 22.2. The first kappa shape index (κ1) is 25.0. The summed E-state index contributed by atoms with van der Waals surface area (Å²) in [5.41, 5.74) is 3.17. The highest BCUT2D eigenvalue weighted by atomic mass is 16.2. The number of Topliss-reactive ketones (excluding diaryl/α,β-unsaturated/α-hetero) is 1. The quantitative estimate of drug-likeness (QED) is 0.301. The van der Waals surface area contributed by atoms with Gasteiger partial charge in [0.25, 0.3) is 0 Å². The number of aromatic amines is 1. The first-order valence-electron chi connectivity index (χ1n) is 12.8. The molecule has 2 aliphatic rings. The second-order valence-electron chi connectivity index (χ2n) is 10.5. The molecule has 10 nitrogen and oxygen atoms in total. The number of aromatic nitrogens is 4. The van der Waals surface area contributed by atoms with Gasteiger partial charge in [0.15, 0.2) is 5.78 Å². The van der Waals surface area contributed by atoms with Crippen LogP contribution in [0.25, 0.3) is 22.0 Å². The van der Waals surface area contributed by atoms with E-state index in [0.29, 0.717) is 41.0 Å². The number of hydrogen-bond donors (Lipinski definition) is 3. The molecule has 0 unspecified atom stereocenters. The Bertz CT molecular complexity index is 1370. The van der Waals surface area contributed by atoms with Gasteiger partial charge in [0, 0.05) is 42.9 Å². The Balaban J connectivity index is 1.50. The van der Waals surface area contributed by atoms with Crippen molar-refractivity contribution < 1.29 is 14.4 Å². The van der Waals surface area contributed by atoms with E-state index in [2.05, 4.69) is 37.7 Å². The van der Waals surface area contributed by atoms with Crippen LogP contribution in [0, 0.1) is 12.3 Å². The molecule has 3 aromatic rings. The summed E-state index contributed by atoms with van der Waals surface area (Å²) in [4.78, 5) is 50.0. The smallest absolute Gasteiger partial charge is 0.242 e. The van der Waals surface area contributed by atoms with Crippen molar-refractivity contribution in [1.82, 2.24) is 35.7 Å². The second kappa shape index (κ2) is 9.66. The van der Waals surface area contributed by atoms with E-state index in [4.69, 9.17) is 0 Å². The van der Waals surface area contributed by atoms with Crippen molar-refractivity contribution in [3.05, 3.63) is 41.6 Å². The number of benzene rings is 1. The number of likely N-dealkylation sites (tertiary alicyclic amines) is 1. The van der Waals surface area contributed by atoms with E-state index in [9.17, 15) is 14.4 Å². The van der Waals surface area contributed by atoms with Crippen LogP contribution < -0.4 is 10.6 Å². The lowest BCUT2D eigenvalue weighted by molar-refractivity contribution is -0.139. The van der Waals surface area contributed by atoms with E-state index in [0.717, 1.165) is 30.5 Å². The number of fused-ring (bicyclic) bond motifs is 2. The minimum atomic E-state index is -0.493. The third-order valence-electron chi connectivity index (χ3n) is 7.72. The Morgan fingerprint density at radius 1 is 1.16 bits per heavy atom. The van der Waals surface area contributed by atoms with E-state index < -0.39 is 6.04 Å². The van der Waals surface area contributed by atoms with E-state index in [1.807, 2.05) is 26.1 Å². The van der Waals surface area contributed by atoms with Gasteiger partial charge in [0.1, 0.15) is 17.6 Å². The van der Waals surface area contributed by atoms with Gasteiger partial charge in [-0.2, -0.15) is 5.10 Å². The van der Waals surface area contributed by atoms with Crippen LogP contribution in [0.5, 0.6) is 0 Å². The van der Waals surface area contributed by atoms with Crippen molar-refractivity contribution in [2.24, 2.45) is 5.41 Å². The first-order valence-corrected chi connectivity index (χ1v) is 12.8. The van der Waals surface area contributed by atoms with Crippen LogP contribution in [-0.2, 0) is 16.0 Å². The van der Waals surface area contributed by atoms with Crippen LogP contribution in [0.3, 0.4) is 0 Å². The topological polar surface area (TPSA) is 133 Å². The molecule has 10 heteroatoms. The largest absolute Gasteiger partial charge is 0.354 e. The predicted molar refractivity (Wildman–Crippen MR) is 139 cm³/mol. The summed E-state index contributed by atoms with van der Waals surface area (Å²) in [5, 5.41) is 13.9. The van der Waals surface area contributed by atoms with Gasteiger partial charge in [-0.1, -0.05) is 13.0 Å². The predicted octanol–water partition coefficient (Wildman–Crippen LogP) is 2.18. The summed E-state index contributed by atoms with van der Waals surface area (Å²) >= 11 is 0. The van der Waals surface area contributed by atoms with Crippen molar-refractivity contribution in [2.75, 3.05) is 20.1 Å². The Morgan fingerprint density at radius 2 is 1.92 bits per heavy atom. The molecule has 5 rings (SSSR count). The van der Waals surface area contributed by atoms with Crippen LogP contribution in [0.2, 0.25) is 0 Å². The molecule has 2 aromatic heterocycles. The maximum absolute atomic E-state index is 14.0. The molecule has 2 fully saturated rings. The number of carbonyl (C=O) groups excluding carboxylic acids is 3. The van der Waals surface area contributed by atoms with Gasteiger partial charge >= 0.3 is 0 Å². The Kier molecular flexibility index (Phi) is 6.53. The Hall–Kier alpha value is -3.66. The molecule has 1 aliphatic carbocycles. The van der Waals surface area contributed by atoms with E-state index in [-0.39, 0.29) is 35.5 Å². The number of amides is 2. The molecule has 3 atom stereocenters. The van der Waals surface area contributed by atoms with Crippen molar-refractivity contribution >= 4 is 28.5 Å². The summed E-state index contributed by atoms with van der Waals surface area (Å²) < 4.78 is 0. The highest BCUT2D eigenvalue weighted by Crippen LogP contribution is 2.59. The maximum Gasteiger partial charge on any atom is 0.242 e. The van der Waals surface area contributed by atoms with Crippen molar-refractivity contribution in [3.8, 4) is 11.1 Å². The zero-order valence-electron chi connectivity index (χ0n) is 21.7. The van der Waals surface area contributed by atoms with Crippen LogP contribution in [-0.4, -0.2) is 74.9 Å². The molecular formula is C27H33N7O3. The summed E-state index contributed by atoms with van der Waals surface area (Å²) in [7, 11) is 1.88. The maximum atomic E-state index is 14.0. The second-order valence-corrected chi connectivity index (χ2v) is 10.5. The van der Waals surface area contributed by atoms with E-state index in [1.165, 1.54) is 6.92 Å². The molecule has 3 N–H and O–H groups in total. The average Bonchev–Trinajstić information content (AvgIpc) is 3.20. The molecule has 3 heterocycles. The van der Waals surface area contributed by atoms with Crippen LogP contribution in [0.1, 0.15) is 55.0 Å². The lowest BCUT2D eigenvalue weighted by Gasteiger charge is -2.27. The number of rotatable bonds is 9. The summed E-state index contributed by atoms with van der Waals surface area (Å²) in [5.74, 6) is 0.228. The molecular weight excluding hydrogens is 470 g/mol. The number of aryl methyl sites for hydroxylation is 1. The Morgan fingerprint density at radius 3 is 2.62 bits per heavy atom. The molecule has 1 saturated carbocycles. The molecule has 37 heavy (non-hydrogen) atoms. The highest BCUT2D eigenvalue weighted by molar-refractivity contribution is 6.08. The van der Waals surface area contributed by atoms with Crippen molar-refractivity contribution in [3.63, 3.8) is 0 Å². The summed E-state index contributed by atoms with van der Waals surface area (Å²) in [6.07, 6.45) is 5.86. The number of H-pyrrole nitrogens is 1. The molecule has 0 bridgehead atoms. The lowest BCUT2D eigenvalue weighted by Crippen LogP contribution is -2.48. The minimum Gasteiger partial charge on any atom is -0.354 e. The van der Waals surface area contributed by atoms with Gasteiger partial charge in [-0.05, 0) is 62.4 Å². The number of carbonyl (C=O) groups is 3. The lowest BCUT2D eigenvalue weighted by atomic mass is 9.93. The van der Waals surface area contributed by atoms with Gasteiger partial charge in [0.05, 0.1) is 11.9 Å². The Labute approximate surface area is 215 Å². The first-order chi connectivity index (χ1) is 17.7. The zero-order chi connectivity index (χ0) is 26.3. The van der Waals surface area contributed by atoms with Gasteiger partial charge in [-0.3, -0.25) is 19.5 Å². The third-order valence-corrected chi connectivity index (χ3v) is 7.72. The van der Waals surface area contributed by atoms with Gasteiger partial charge in [0.2, 0.25) is 11.8 Å². The number of ketones is 1. The summed E-state index contributed by atoms with van der Waals surface area (Å²) in [6, 6.07) is 3.31. The monoisotopic (exact) mass is 503 g/mol. The average molecular weight is 504 g/mol. The summed E-state index contributed by atoms with van der Waals surface area (Å²) in [6.45, 7) is 6.80. The molecule has 1 aromatic carbocycles. The minimum absolute atomic E-state index is 0.0253. The van der Waals surface area contributed by atoms with Gasteiger partial charge in [-0.25, -0.2) is 9.97 Å². The van der Waals surface area contributed by atoms with Crippen LogP contribution in [0.15, 0.2) is 24.5 Å². The highest BCUT2D eigenvalue weighted by Gasteiger charge is 2.64. The van der Waals surface area contributed by atoms with Gasteiger partial charge in [-0.15, -0.1) is 0 Å². The molecule has 1 saturated heterocycles. The van der Waals surface area contributed by atoms with E-state index >= 15 is 0 Å². The number of hydrogen-bond acceptors (Lipinski definition) is 7. The molecule has 0 spiro atoms. The number of piperidine rings is 1. The zero-order valence-corrected chi connectivity index (χ0v) is 21.7. The van der Waals surface area contributed by atoms with Crippen LogP contribution in [0.4, 0.5) is 0 Å². The number of nitrogens with one attached hydrogen (secondary N) is 3. The fourth-order valence-corrected chi connectivity index (χ4v) is 5.62. The van der Waals surface area contributed by atoms with E-state index in [1.54, 1.807) is 17.3 Å². The molecule has 1 aliphatic heterocycles. The van der Waals surface area contributed by atoms with Gasteiger partial charge < -0.3 is 15.5 Å². The fourth-order valence-electron chi connectivity index (χ4n) is 5.62.